The molecule has 0 radical (unpaired) electrons. The molecule has 1 saturated carbocycles. The first-order valence-corrected chi connectivity index (χ1v) is 6.50. The van der Waals surface area contributed by atoms with Crippen LogP contribution in [0, 0.1) is 0 Å². The summed E-state index contributed by atoms with van der Waals surface area (Å²) >= 11 is 6.10. The summed E-state index contributed by atoms with van der Waals surface area (Å²) in [5.41, 5.74) is 2.20. The van der Waals surface area contributed by atoms with E-state index in [1.54, 1.807) is 6.20 Å². The van der Waals surface area contributed by atoms with Crippen LogP contribution in [0.15, 0.2) is 24.5 Å². The SMILES string of the molecule is CNCc1cc(-n2ccc(C3CC3)n2)ncc1Cl. The van der Waals surface area contributed by atoms with Crippen LogP contribution in [0.3, 0.4) is 0 Å². The van der Waals surface area contributed by atoms with E-state index in [-0.39, 0.29) is 0 Å². The lowest BCUT2D eigenvalue weighted by Gasteiger charge is -2.06. The summed E-state index contributed by atoms with van der Waals surface area (Å²) in [5.74, 6) is 1.48. The van der Waals surface area contributed by atoms with Crippen molar-refractivity contribution >= 4 is 11.6 Å². The van der Waals surface area contributed by atoms with Gasteiger partial charge in [-0.15, -0.1) is 0 Å². The van der Waals surface area contributed by atoms with Crippen molar-refractivity contribution in [2.24, 2.45) is 0 Å². The summed E-state index contributed by atoms with van der Waals surface area (Å²) < 4.78 is 1.82. The molecule has 3 rings (SSSR count). The van der Waals surface area contributed by atoms with Gasteiger partial charge in [-0.05, 0) is 37.6 Å². The second kappa shape index (κ2) is 4.71. The molecular weight excluding hydrogens is 248 g/mol. The van der Waals surface area contributed by atoms with Gasteiger partial charge in [-0.3, -0.25) is 0 Å². The zero-order valence-electron chi connectivity index (χ0n) is 10.2. The van der Waals surface area contributed by atoms with E-state index in [1.807, 2.05) is 24.0 Å². The van der Waals surface area contributed by atoms with Crippen molar-refractivity contribution in [3.63, 3.8) is 0 Å². The number of nitrogens with zero attached hydrogens (tertiary/aromatic N) is 3. The van der Waals surface area contributed by atoms with E-state index in [2.05, 4.69) is 21.5 Å². The Balaban J connectivity index is 1.91. The molecular formula is C13H15ClN4. The van der Waals surface area contributed by atoms with Gasteiger partial charge >= 0.3 is 0 Å². The fourth-order valence-electron chi connectivity index (χ4n) is 1.98. The highest BCUT2D eigenvalue weighted by Crippen LogP contribution is 2.39. The molecule has 94 valence electrons. The van der Waals surface area contributed by atoms with E-state index < -0.39 is 0 Å². The molecule has 0 atom stereocenters. The standard InChI is InChI=1S/C13H15ClN4/c1-15-7-10-6-13(16-8-11(10)14)18-5-4-12(17-18)9-2-3-9/h4-6,8-9,15H,2-3,7H2,1H3. The van der Waals surface area contributed by atoms with Crippen molar-refractivity contribution in [3.05, 3.63) is 40.8 Å². The molecule has 0 aromatic carbocycles. The van der Waals surface area contributed by atoms with Gasteiger partial charge in [-0.2, -0.15) is 5.10 Å². The summed E-state index contributed by atoms with van der Waals surface area (Å²) in [6.07, 6.45) is 6.17. The summed E-state index contributed by atoms with van der Waals surface area (Å²) in [5, 5.41) is 8.34. The second-order valence-electron chi connectivity index (χ2n) is 4.62. The number of rotatable bonds is 4. The minimum absolute atomic E-state index is 0.662. The maximum atomic E-state index is 6.10. The van der Waals surface area contributed by atoms with Crippen LogP contribution in [0.2, 0.25) is 5.02 Å². The lowest BCUT2D eigenvalue weighted by atomic mass is 10.2. The fraction of sp³-hybridized carbons (Fsp3) is 0.385. The van der Waals surface area contributed by atoms with E-state index in [1.165, 1.54) is 18.5 Å². The molecule has 0 bridgehead atoms. The average molecular weight is 263 g/mol. The topological polar surface area (TPSA) is 42.7 Å². The number of pyridine rings is 1. The van der Waals surface area contributed by atoms with Gasteiger partial charge < -0.3 is 5.32 Å². The van der Waals surface area contributed by atoms with Crippen molar-refractivity contribution in [3.8, 4) is 5.82 Å². The van der Waals surface area contributed by atoms with Gasteiger partial charge in [0, 0.05) is 24.9 Å². The largest absolute Gasteiger partial charge is 0.316 e. The zero-order valence-corrected chi connectivity index (χ0v) is 11.0. The molecule has 0 amide bonds. The molecule has 0 unspecified atom stereocenters. The van der Waals surface area contributed by atoms with E-state index in [0.29, 0.717) is 10.9 Å². The summed E-state index contributed by atoms with van der Waals surface area (Å²) in [4.78, 5) is 4.33. The highest BCUT2D eigenvalue weighted by atomic mass is 35.5. The predicted molar refractivity (Wildman–Crippen MR) is 71.1 cm³/mol. The number of nitrogens with one attached hydrogen (secondary N) is 1. The summed E-state index contributed by atoms with van der Waals surface area (Å²) in [7, 11) is 1.90. The molecule has 2 aromatic heterocycles. The first-order chi connectivity index (χ1) is 8.78. The Morgan fingerprint density at radius 3 is 3.06 bits per heavy atom. The second-order valence-corrected chi connectivity index (χ2v) is 5.03. The van der Waals surface area contributed by atoms with Crippen molar-refractivity contribution in [1.82, 2.24) is 20.1 Å². The third kappa shape index (κ3) is 2.26. The van der Waals surface area contributed by atoms with Crippen LogP contribution in [0.25, 0.3) is 5.82 Å². The van der Waals surface area contributed by atoms with E-state index in [9.17, 15) is 0 Å². The molecule has 0 aliphatic heterocycles. The third-order valence-corrected chi connectivity index (χ3v) is 3.47. The Labute approximate surface area is 111 Å². The Morgan fingerprint density at radius 2 is 2.33 bits per heavy atom. The lowest BCUT2D eigenvalue weighted by Crippen LogP contribution is -2.08. The minimum atomic E-state index is 0.662. The average Bonchev–Trinajstić information content (AvgIpc) is 3.11. The molecule has 1 N–H and O–H groups in total. The molecule has 2 aromatic rings. The Hall–Kier alpha value is -1.39. The molecule has 1 fully saturated rings. The lowest BCUT2D eigenvalue weighted by molar-refractivity contribution is 0.790. The van der Waals surface area contributed by atoms with Crippen molar-refractivity contribution in [2.75, 3.05) is 7.05 Å². The molecule has 18 heavy (non-hydrogen) atoms. The monoisotopic (exact) mass is 262 g/mol. The Morgan fingerprint density at radius 1 is 1.50 bits per heavy atom. The smallest absolute Gasteiger partial charge is 0.153 e. The van der Waals surface area contributed by atoms with Crippen LogP contribution in [0.1, 0.15) is 30.0 Å². The molecule has 0 saturated heterocycles. The maximum Gasteiger partial charge on any atom is 0.153 e. The van der Waals surface area contributed by atoms with Gasteiger partial charge in [0.1, 0.15) is 0 Å². The summed E-state index contributed by atoms with van der Waals surface area (Å²) in [6, 6.07) is 4.05. The van der Waals surface area contributed by atoms with Gasteiger partial charge in [0.15, 0.2) is 5.82 Å². The van der Waals surface area contributed by atoms with Crippen molar-refractivity contribution < 1.29 is 0 Å². The molecule has 0 spiro atoms. The normalized spacial score (nSPS) is 15.0. The quantitative estimate of drug-likeness (QED) is 0.921. The third-order valence-electron chi connectivity index (χ3n) is 3.13. The molecule has 2 heterocycles. The van der Waals surface area contributed by atoms with Crippen LogP contribution in [-0.4, -0.2) is 21.8 Å². The summed E-state index contributed by atoms with van der Waals surface area (Å²) in [6.45, 7) is 0.727. The maximum absolute atomic E-state index is 6.10. The van der Waals surface area contributed by atoms with Crippen LogP contribution >= 0.6 is 11.6 Å². The van der Waals surface area contributed by atoms with Gasteiger partial charge in [0.25, 0.3) is 0 Å². The van der Waals surface area contributed by atoms with Gasteiger partial charge in [0.05, 0.1) is 10.7 Å². The van der Waals surface area contributed by atoms with Crippen molar-refractivity contribution in [2.45, 2.75) is 25.3 Å². The van der Waals surface area contributed by atoms with Gasteiger partial charge in [-0.25, -0.2) is 9.67 Å². The van der Waals surface area contributed by atoms with Crippen LogP contribution in [0.4, 0.5) is 0 Å². The molecule has 1 aliphatic rings. The Kier molecular flexibility index (Phi) is 3.06. The van der Waals surface area contributed by atoms with E-state index in [0.717, 1.165) is 17.9 Å². The van der Waals surface area contributed by atoms with Crippen molar-refractivity contribution in [1.29, 1.82) is 0 Å². The number of aromatic nitrogens is 3. The van der Waals surface area contributed by atoms with E-state index in [4.69, 9.17) is 11.6 Å². The highest BCUT2D eigenvalue weighted by Gasteiger charge is 2.26. The number of hydrogen-bond acceptors (Lipinski definition) is 3. The first kappa shape index (κ1) is 11.7. The Bertz CT molecular complexity index is 560. The number of hydrogen-bond donors (Lipinski definition) is 1. The van der Waals surface area contributed by atoms with Gasteiger partial charge in [0.2, 0.25) is 0 Å². The van der Waals surface area contributed by atoms with Crippen LogP contribution in [0.5, 0.6) is 0 Å². The molecule has 4 nitrogen and oxygen atoms in total. The zero-order chi connectivity index (χ0) is 12.5. The molecule has 5 heteroatoms. The number of halogens is 1. The predicted octanol–water partition coefficient (Wildman–Crippen LogP) is 2.52. The minimum Gasteiger partial charge on any atom is -0.316 e. The molecule has 1 aliphatic carbocycles. The van der Waals surface area contributed by atoms with Gasteiger partial charge in [-0.1, -0.05) is 11.6 Å². The van der Waals surface area contributed by atoms with Crippen LogP contribution in [-0.2, 0) is 6.54 Å². The van der Waals surface area contributed by atoms with Crippen LogP contribution < -0.4 is 5.32 Å². The first-order valence-electron chi connectivity index (χ1n) is 6.13. The highest BCUT2D eigenvalue weighted by molar-refractivity contribution is 6.31. The fourth-order valence-corrected chi connectivity index (χ4v) is 2.15. The van der Waals surface area contributed by atoms with E-state index >= 15 is 0 Å².